The van der Waals surface area contributed by atoms with Gasteiger partial charge in [0.2, 0.25) is 5.88 Å². The van der Waals surface area contributed by atoms with Gasteiger partial charge in [-0.1, -0.05) is 0 Å². The number of hydrogen-bond donors (Lipinski definition) is 1. The minimum Gasteiger partial charge on any atom is -0.447 e. The first-order valence-corrected chi connectivity index (χ1v) is 3.60. The van der Waals surface area contributed by atoms with Gasteiger partial charge in [-0.05, 0) is 13.0 Å². The number of rotatable bonds is 1. The van der Waals surface area contributed by atoms with Crippen molar-refractivity contribution in [3.8, 4) is 5.88 Å². The lowest BCUT2D eigenvalue weighted by atomic mass is 10.5. The van der Waals surface area contributed by atoms with Crippen LogP contribution in [0.25, 0.3) is 5.88 Å². The number of H-pyrrole nitrogens is 1. The lowest BCUT2D eigenvalue weighted by molar-refractivity contribution is 0.517. The molecule has 2 aromatic heterocycles. The van der Waals surface area contributed by atoms with Crippen molar-refractivity contribution in [3.63, 3.8) is 0 Å². The second-order valence-electron chi connectivity index (χ2n) is 2.56. The summed E-state index contributed by atoms with van der Waals surface area (Å²) in [6.07, 6.45) is 1.53. The zero-order valence-corrected chi connectivity index (χ0v) is 6.57. The first-order chi connectivity index (χ1) is 5.77. The summed E-state index contributed by atoms with van der Waals surface area (Å²) in [6.45, 7) is 1.82. The second-order valence-corrected chi connectivity index (χ2v) is 2.56. The summed E-state index contributed by atoms with van der Waals surface area (Å²) in [4.78, 5) is 11.2. The summed E-state index contributed by atoms with van der Waals surface area (Å²) in [6, 6.07) is 4.97. The minimum atomic E-state index is -0.109. The van der Waals surface area contributed by atoms with Crippen LogP contribution in [0.1, 0.15) is 5.69 Å². The van der Waals surface area contributed by atoms with Crippen LogP contribution in [0.2, 0.25) is 0 Å². The summed E-state index contributed by atoms with van der Waals surface area (Å²) in [7, 11) is 0. The number of nitrogens with zero attached hydrogens (tertiary/aromatic N) is 1. The predicted octanol–water partition coefficient (Wildman–Crippen LogP) is 1.07. The Kier molecular flexibility index (Phi) is 1.40. The first kappa shape index (κ1) is 6.97. The fourth-order valence-corrected chi connectivity index (χ4v) is 1.07. The zero-order chi connectivity index (χ0) is 8.55. The van der Waals surface area contributed by atoms with Gasteiger partial charge in [0.05, 0.1) is 6.26 Å². The molecule has 0 aliphatic rings. The molecule has 0 aliphatic carbocycles. The summed E-state index contributed by atoms with van der Waals surface area (Å²) < 4.78 is 6.40. The number of hydrogen-bond acceptors (Lipinski definition) is 2. The van der Waals surface area contributed by atoms with Crippen LogP contribution >= 0.6 is 0 Å². The number of aryl methyl sites for hydroxylation is 1. The Bertz CT molecular complexity index is 422. The molecule has 0 saturated carbocycles. The van der Waals surface area contributed by atoms with E-state index in [2.05, 4.69) is 5.10 Å². The van der Waals surface area contributed by atoms with E-state index in [0.717, 1.165) is 5.69 Å². The van der Waals surface area contributed by atoms with E-state index in [9.17, 15) is 4.79 Å². The van der Waals surface area contributed by atoms with Crippen LogP contribution in [0.5, 0.6) is 0 Å². The summed E-state index contributed by atoms with van der Waals surface area (Å²) in [5, 5.41) is 2.86. The highest BCUT2D eigenvalue weighted by Gasteiger charge is 2.03. The first-order valence-electron chi connectivity index (χ1n) is 3.60. The minimum absolute atomic E-state index is 0.109. The fourth-order valence-electron chi connectivity index (χ4n) is 1.07. The van der Waals surface area contributed by atoms with Crippen molar-refractivity contribution in [2.75, 3.05) is 0 Å². The number of aromatic amines is 1. The Morgan fingerprint density at radius 3 is 2.92 bits per heavy atom. The van der Waals surface area contributed by atoms with E-state index in [1.807, 2.05) is 6.92 Å². The Labute approximate surface area is 68.4 Å². The molecule has 0 atom stereocenters. The van der Waals surface area contributed by atoms with Crippen LogP contribution in [0.4, 0.5) is 0 Å². The van der Waals surface area contributed by atoms with Crippen molar-refractivity contribution in [2.45, 2.75) is 6.92 Å². The van der Waals surface area contributed by atoms with Gasteiger partial charge in [0, 0.05) is 17.8 Å². The molecule has 2 aromatic rings. The van der Waals surface area contributed by atoms with E-state index >= 15 is 0 Å². The lowest BCUT2D eigenvalue weighted by Gasteiger charge is -1.93. The average Bonchev–Trinajstić information content (AvgIpc) is 2.58. The van der Waals surface area contributed by atoms with Crippen LogP contribution in [-0.2, 0) is 0 Å². The maximum atomic E-state index is 11.2. The molecule has 2 rings (SSSR count). The van der Waals surface area contributed by atoms with Crippen LogP contribution in [0.3, 0.4) is 0 Å². The summed E-state index contributed by atoms with van der Waals surface area (Å²) in [5.41, 5.74) is 0.707. The largest absolute Gasteiger partial charge is 0.447 e. The van der Waals surface area contributed by atoms with Gasteiger partial charge in [0.1, 0.15) is 0 Å². The molecule has 2 heterocycles. The van der Waals surface area contributed by atoms with E-state index in [1.54, 1.807) is 12.1 Å². The van der Waals surface area contributed by atoms with Crippen molar-refractivity contribution < 1.29 is 4.42 Å². The highest BCUT2D eigenvalue weighted by molar-refractivity contribution is 5.17. The van der Waals surface area contributed by atoms with E-state index in [-0.39, 0.29) is 5.56 Å². The van der Waals surface area contributed by atoms with E-state index in [0.29, 0.717) is 5.88 Å². The van der Waals surface area contributed by atoms with Gasteiger partial charge in [0.15, 0.2) is 0 Å². The smallest absolute Gasteiger partial charge is 0.274 e. The Balaban J connectivity index is 2.61. The van der Waals surface area contributed by atoms with Crippen LogP contribution < -0.4 is 5.56 Å². The molecule has 0 aliphatic heterocycles. The highest BCUT2D eigenvalue weighted by atomic mass is 16.3. The lowest BCUT2D eigenvalue weighted by Crippen LogP contribution is -2.12. The third-order valence-corrected chi connectivity index (χ3v) is 1.58. The van der Waals surface area contributed by atoms with Gasteiger partial charge in [-0.2, -0.15) is 4.68 Å². The van der Waals surface area contributed by atoms with Gasteiger partial charge in [0.25, 0.3) is 5.56 Å². The standard InChI is InChI=1S/C8H8N2O2/c1-6-5-7(11)10(9-6)8-3-2-4-12-8/h2-5,9H,1H3. The topological polar surface area (TPSA) is 50.9 Å². The fraction of sp³-hybridized carbons (Fsp3) is 0.125. The van der Waals surface area contributed by atoms with Crippen LogP contribution in [0.15, 0.2) is 33.7 Å². The molecule has 0 unspecified atom stereocenters. The van der Waals surface area contributed by atoms with Crippen LogP contribution in [-0.4, -0.2) is 9.78 Å². The molecule has 62 valence electrons. The molecule has 0 amide bonds. The van der Waals surface area contributed by atoms with E-state index in [4.69, 9.17) is 4.42 Å². The molecule has 0 saturated heterocycles. The number of furan rings is 1. The molecular formula is C8H8N2O2. The van der Waals surface area contributed by atoms with Gasteiger partial charge < -0.3 is 4.42 Å². The average molecular weight is 164 g/mol. The van der Waals surface area contributed by atoms with Crippen molar-refractivity contribution in [2.24, 2.45) is 0 Å². The summed E-state index contributed by atoms with van der Waals surface area (Å²) in [5.74, 6) is 0.508. The van der Waals surface area contributed by atoms with Gasteiger partial charge in [-0.15, -0.1) is 0 Å². The van der Waals surface area contributed by atoms with E-state index in [1.165, 1.54) is 17.0 Å². The molecule has 4 nitrogen and oxygen atoms in total. The quantitative estimate of drug-likeness (QED) is 0.685. The molecule has 0 bridgehead atoms. The maximum Gasteiger partial charge on any atom is 0.274 e. The highest BCUT2D eigenvalue weighted by Crippen LogP contribution is 2.03. The molecular weight excluding hydrogens is 156 g/mol. The third kappa shape index (κ3) is 0.972. The predicted molar refractivity (Wildman–Crippen MR) is 43.4 cm³/mol. The molecule has 4 heteroatoms. The van der Waals surface area contributed by atoms with Gasteiger partial charge >= 0.3 is 0 Å². The van der Waals surface area contributed by atoms with Crippen molar-refractivity contribution in [1.29, 1.82) is 0 Å². The molecule has 0 aromatic carbocycles. The van der Waals surface area contributed by atoms with E-state index < -0.39 is 0 Å². The normalized spacial score (nSPS) is 10.4. The number of nitrogens with one attached hydrogen (secondary N) is 1. The Hall–Kier alpha value is -1.71. The second kappa shape index (κ2) is 2.41. The molecule has 0 radical (unpaired) electrons. The van der Waals surface area contributed by atoms with Crippen LogP contribution in [0, 0.1) is 6.92 Å². The zero-order valence-electron chi connectivity index (χ0n) is 6.57. The monoisotopic (exact) mass is 164 g/mol. The Morgan fingerprint density at radius 2 is 2.42 bits per heavy atom. The molecule has 0 fully saturated rings. The summed E-state index contributed by atoms with van der Waals surface area (Å²) >= 11 is 0. The SMILES string of the molecule is Cc1cc(=O)n(-c2ccco2)[nH]1. The number of aromatic nitrogens is 2. The van der Waals surface area contributed by atoms with Crippen molar-refractivity contribution in [3.05, 3.63) is 40.5 Å². The van der Waals surface area contributed by atoms with Crippen molar-refractivity contribution in [1.82, 2.24) is 9.78 Å². The molecule has 0 spiro atoms. The third-order valence-electron chi connectivity index (χ3n) is 1.58. The van der Waals surface area contributed by atoms with Gasteiger partial charge in [-0.25, -0.2) is 0 Å². The molecule has 1 N–H and O–H groups in total. The van der Waals surface area contributed by atoms with Crippen molar-refractivity contribution >= 4 is 0 Å². The Morgan fingerprint density at radius 1 is 1.58 bits per heavy atom. The van der Waals surface area contributed by atoms with Gasteiger partial charge in [-0.3, -0.25) is 9.89 Å². The maximum absolute atomic E-state index is 11.2. The molecule has 12 heavy (non-hydrogen) atoms.